The van der Waals surface area contributed by atoms with Gasteiger partial charge in [-0.25, -0.2) is 0 Å². The minimum atomic E-state index is -0.704. The summed E-state index contributed by atoms with van der Waals surface area (Å²) in [5, 5.41) is 11.5. The number of benzene rings is 2. The SMILES string of the molecule is COc1ccccc1C1/C(=C(\O)c2ccc3c(c2)N(C)CCO3)C(=O)C(=O)N1C1CCCCC1. The van der Waals surface area contributed by atoms with Gasteiger partial charge in [0.25, 0.3) is 11.7 Å². The molecule has 5 rings (SSSR count). The summed E-state index contributed by atoms with van der Waals surface area (Å²) >= 11 is 0. The van der Waals surface area contributed by atoms with Gasteiger partial charge in [0.15, 0.2) is 0 Å². The number of Topliss-reactive ketones (excluding diaryl/α,β-unsaturated/α-hetero) is 1. The van der Waals surface area contributed by atoms with Crippen molar-refractivity contribution in [2.75, 3.05) is 32.2 Å². The number of fused-ring (bicyclic) bond motifs is 1. The fourth-order valence-corrected chi connectivity index (χ4v) is 5.44. The van der Waals surface area contributed by atoms with E-state index in [9.17, 15) is 14.7 Å². The van der Waals surface area contributed by atoms with Gasteiger partial charge in [-0.2, -0.15) is 0 Å². The van der Waals surface area contributed by atoms with Crippen LogP contribution in [-0.2, 0) is 9.59 Å². The molecule has 1 unspecified atom stereocenters. The third-order valence-electron chi connectivity index (χ3n) is 7.21. The van der Waals surface area contributed by atoms with Crippen LogP contribution in [0.25, 0.3) is 5.76 Å². The third-order valence-corrected chi connectivity index (χ3v) is 7.21. The number of methoxy groups -OCH3 is 1. The van der Waals surface area contributed by atoms with Crippen LogP contribution in [0, 0.1) is 0 Å². The van der Waals surface area contributed by atoms with Crippen LogP contribution in [0.5, 0.6) is 11.5 Å². The normalized spacial score (nSPS) is 22.5. The van der Waals surface area contributed by atoms with Crippen LogP contribution in [0.1, 0.15) is 49.3 Å². The highest BCUT2D eigenvalue weighted by atomic mass is 16.5. The van der Waals surface area contributed by atoms with Gasteiger partial charge in [0.05, 0.1) is 31.0 Å². The number of carbonyl (C=O) groups is 2. The Morgan fingerprint density at radius 3 is 2.62 bits per heavy atom. The first-order valence-corrected chi connectivity index (χ1v) is 11.9. The van der Waals surface area contributed by atoms with Crippen molar-refractivity contribution in [2.24, 2.45) is 0 Å². The van der Waals surface area contributed by atoms with Crippen molar-refractivity contribution in [1.29, 1.82) is 0 Å². The molecule has 34 heavy (non-hydrogen) atoms. The molecule has 3 aliphatic rings. The fraction of sp³-hybridized carbons (Fsp3) is 0.407. The molecule has 2 fully saturated rings. The predicted octanol–water partition coefficient (Wildman–Crippen LogP) is 4.28. The van der Waals surface area contributed by atoms with Crippen LogP contribution < -0.4 is 14.4 Å². The molecule has 1 atom stereocenters. The van der Waals surface area contributed by atoms with Gasteiger partial charge in [-0.05, 0) is 37.1 Å². The molecular weight excluding hydrogens is 432 g/mol. The maximum atomic E-state index is 13.4. The van der Waals surface area contributed by atoms with Gasteiger partial charge in [0.1, 0.15) is 23.9 Å². The highest BCUT2D eigenvalue weighted by Gasteiger charge is 2.49. The van der Waals surface area contributed by atoms with Crippen molar-refractivity contribution in [3.05, 3.63) is 59.2 Å². The second-order valence-corrected chi connectivity index (χ2v) is 9.19. The molecule has 0 aromatic heterocycles. The van der Waals surface area contributed by atoms with Crippen molar-refractivity contribution < 1.29 is 24.2 Å². The van der Waals surface area contributed by atoms with Crippen LogP contribution in [0.4, 0.5) is 5.69 Å². The molecule has 7 nitrogen and oxygen atoms in total. The number of para-hydroxylation sites is 1. The standard InChI is InChI=1S/C27H30N2O5/c1-28-14-15-34-22-13-12-17(16-20(22)28)25(30)23-24(19-10-6-7-11-21(19)33-2)29(27(32)26(23)31)18-8-4-3-5-9-18/h6-7,10-13,16,18,24,30H,3-5,8-9,14-15H2,1-2H3/b25-23+. The Kier molecular flexibility index (Phi) is 5.94. The third kappa shape index (κ3) is 3.69. The lowest BCUT2D eigenvalue weighted by molar-refractivity contribution is -0.141. The second-order valence-electron chi connectivity index (χ2n) is 9.19. The molecule has 0 radical (unpaired) electrons. The molecule has 2 heterocycles. The van der Waals surface area contributed by atoms with Gasteiger partial charge in [0.2, 0.25) is 0 Å². The summed E-state index contributed by atoms with van der Waals surface area (Å²) in [7, 11) is 3.53. The number of likely N-dealkylation sites (tertiary alicyclic amines) is 1. The van der Waals surface area contributed by atoms with Crippen molar-refractivity contribution in [3.63, 3.8) is 0 Å². The van der Waals surface area contributed by atoms with E-state index < -0.39 is 17.7 Å². The lowest BCUT2D eigenvalue weighted by Crippen LogP contribution is -2.40. The Hall–Kier alpha value is -3.48. The zero-order valence-corrected chi connectivity index (χ0v) is 19.6. The van der Waals surface area contributed by atoms with Crippen LogP contribution in [0.3, 0.4) is 0 Å². The summed E-state index contributed by atoms with van der Waals surface area (Å²) < 4.78 is 11.3. The first-order chi connectivity index (χ1) is 16.5. The average Bonchev–Trinajstić information content (AvgIpc) is 3.14. The number of anilines is 1. The van der Waals surface area contributed by atoms with E-state index in [4.69, 9.17) is 9.47 Å². The van der Waals surface area contributed by atoms with Crippen LogP contribution in [-0.4, -0.2) is 55.0 Å². The summed E-state index contributed by atoms with van der Waals surface area (Å²) in [5.74, 6) is -0.0627. The minimum Gasteiger partial charge on any atom is -0.507 e. The highest BCUT2D eigenvalue weighted by Crippen LogP contribution is 2.46. The van der Waals surface area contributed by atoms with Gasteiger partial charge < -0.3 is 24.4 Å². The molecule has 1 saturated carbocycles. The molecule has 0 spiro atoms. The lowest BCUT2D eigenvalue weighted by atomic mass is 9.90. The zero-order valence-electron chi connectivity index (χ0n) is 19.6. The molecule has 0 bridgehead atoms. The second kappa shape index (κ2) is 9.05. The van der Waals surface area contributed by atoms with Gasteiger partial charge in [0, 0.05) is 24.2 Å². The van der Waals surface area contributed by atoms with E-state index in [1.54, 1.807) is 24.1 Å². The zero-order chi connectivity index (χ0) is 23.8. The average molecular weight is 463 g/mol. The topological polar surface area (TPSA) is 79.3 Å². The first kappa shape index (κ1) is 22.3. The summed E-state index contributed by atoms with van der Waals surface area (Å²) in [6.07, 6.45) is 4.86. The number of ether oxygens (including phenoxy) is 2. The van der Waals surface area contributed by atoms with Gasteiger partial charge in [-0.15, -0.1) is 0 Å². The Balaban J connectivity index is 1.67. The Morgan fingerprint density at radius 1 is 1.09 bits per heavy atom. The van der Waals surface area contributed by atoms with Gasteiger partial charge in [-0.3, -0.25) is 9.59 Å². The molecule has 7 heteroatoms. The van der Waals surface area contributed by atoms with Crippen molar-refractivity contribution in [1.82, 2.24) is 4.90 Å². The number of likely N-dealkylation sites (N-methyl/N-ethyl adjacent to an activating group) is 1. The number of ketones is 1. The largest absolute Gasteiger partial charge is 0.507 e. The minimum absolute atomic E-state index is 0.0477. The molecule has 1 saturated heterocycles. The lowest BCUT2D eigenvalue weighted by Gasteiger charge is -2.36. The van der Waals surface area contributed by atoms with Crippen LogP contribution in [0.2, 0.25) is 0 Å². The molecule has 2 aliphatic heterocycles. The smallest absolute Gasteiger partial charge is 0.295 e. The van der Waals surface area contributed by atoms with E-state index >= 15 is 0 Å². The molecule has 1 amide bonds. The fourth-order valence-electron chi connectivity index (χ4n) is 5.44. The Labute approximate surface area is 199 Å². The van der Waals surface area contributed by atoms with Crippen LogP contribution in [0.15, 0.2) is 48.0 Å². The molecule has 1 aliphatic carbocycles. The number of rotatable bonds is 4. The number of nitrogens with zero attached hydrogens (tertiary/aromatic N) is 2. The maximum absolute atomic E-state index is 13.4. The Bertz CT molecular complexity index is 1150. The molecule has 178 valence electrons. The predicted molar refractivity (Wildman–Crippen MR) is 129 cm³/mol. The first-order valence-electron chi connectivity index (χ1n) is 11.9. The molecule has 2 aromatic rings. The van der Waals surface area contributed by atoms with E-state index in [0.717, 1.165) is 50.1 Å². The van der Waals surface area contributed by atoms with E-state index in [2.05, 4.69) is 0 Å². The van der Waals surface area contributed by atoms with Gasteiger partial charge in [-0.1, -0.05) is 37.5 Å². The monoisotopic (exact) mass is 462 g/mol. The number of hydrogen-bond donors (Lipinski definition) is 1. The van der Waals surface area contributed by atoms with E-state index in [1.807, 2.05) is 42.3 Å². The van der Waals surface area contributed by atoms with E-state index in [-0.39, 0.29) is 17.4 Å². The number of carbonyl (C=O) groups excluding carboxylic acids is 2. The van der Waals surface area contributed by atoms with E-state index in [1.165, 1.54) is 0 Å². The van der Waals surface area contributed by atoms with Crippen molar-refractivity contribution in [2.45, 2.75) is 44.2 Å². The Morgan fingerprint density at radius 2 is 1.85 bits per heavy atom. The number of aliphatic hydroxyl groups is 1. The molecular formula is C27H30N2O5. The van der Waals surface area contributed by atoms with Crippen molar-refractivity contribution in [3.8, 4) is 11.5 Å². The van der Waals surface area contributed by atoms with Crippen molar-refractivity contribution >= 4 is 23.1 Å². The maximum Gasteiger partial charge on any atom is 0.295 e. The van der Waals surface area contributed by atoms with Crippen LogP contribution >= 0.6 is 0 Å². The summed E-state index contributed by atoms with van der Waals surface area (Å²) in [5.41, 5.74) is 2.14. The van der Waals surface area contributed by atoms with E-state index in [0.29, 0.717) is 23.5 Å². The number of hydrogen-bond acceptors (Lipinski definition) is 6. The van der Waals surface area contributed by atoms with Gasteiger partial charge >= 0.3 is 0 Å². The highest BCUT2D eigenvalue weighted by molar-refractivity contribution is 6.46. The quantitative estimate of drug-likeness (QED) is 0.415. The number of amides is 1. The summed E-state index contributed by atoms with van der Waals surface area (Å²) in [6.45, 7) is 1.32. The number of aliphatic hydroxyl groups excluding tert-OH is 1. The summed E-state index contributed by atoms with van der Waals surface area (Å²) in [6, 6.07) is 12.0. The summed E-state index contributed by atoms with van der Waals surface area (Å²) in [4.78, 5) is 30.5. The molecule has 1 N–H and O–H groups in total. The molecule has 2 aromatic carbocycles.